The lowest BCUT2D eigenvalue weighted by Crippen LogP contribution is -1.90. The largest absolute Gasteiger partial charge is 0.126 e. The third kappa shape index (κ3) is 2.85. The lowest BCUT2D eigenvalue weighted by atomic mass is 10.1. The van der Waals surface area contributed by atoms with Gasteiger partial charge in [0.05, 0.1) is 9.71 Å². The summed E-state index contributed by atoms with van der Waals surface area (Å²) in [4.78, 5) is 1.11. The maximum Gasteiger partial charge on any atom is 0.0960 e. The van der Waals surface area contributed by atoms with Crippen molar-refractivity contribution in [2.24, 2.45) is 0 Å². The van der Waals surface area contributed by atoms with E-state index >= 15 is 0 Å². The minimum atomic E-state index is -0.0999. The molecule has 0 amide bonds. The van der Waals surface area contributed by atoms with Crippen molar-refractivity contribution in [2.45, 2.75) is 25.6 Å². The summed E-state index contributed by atoms with van der Waals surface area (Å²) in [7, 11) is 0. The highest BCUT2D eigenvalue weighted by Gasteiger charge is 2.14. The van der Waals surface area contributed by atoms with E-state index in [9.17, 15) is 0 Å². The van der Waals surface area contributed by atoms with Crippen LogP contribution in [0.1, 0.15) is 33.9 Å². The zero-order chi connectivity index (χ0) is 12.4. The smallest absolute Gasteiger partial charge is 0.0960 e. The number of hydrogen-bond acceptors (Lipinski definition) is 1. The van der Waals surface area contributed by atoms with Crippen LogP contribution in [0.5, 0.6) is 0 Å². The van der Waals surface area contributed by atoms with E-state index in [4.69, 9.17) is 23.2 Å². The summed E-state index contributed by atoms with van der Waals surface area (Å²) in [6.07, 6.45) is 1.05. The molecule has 1 aromatic carbocycles. The van der Waals surface area contributed by atoms with E-state index in [0.717, 1.165) is 26.8 Å². The topological polar surface area (TPSA) is 0 Å². The molecule has 2 rings (SSSR count). The first kappa shape index (κ1) is 12.9. The van der Waals surface area contributed by atoms with Crippen LogP contribution in [-0.2, 0) is 6.42 Å². The number of thiophene rings is 1. The van der Waals surface area contributed by atoms with Gasteiger partial charge in [0.15, 0.2) is 0 Å². The molecule has 0 aliphatic rings. The second-order valence-electron chi connectivity index (χ2n) is 4.06. The summed E-state index contributed by atoms with van der Waals surface area (Å²) < 4.78 is 0.829. The van der Waals surface area contributed by atoms with Crippen molar-refractivity contribution in [1.29, 1.82) is 0 Å². The van der Waals surface area contributed by atoms with Gasteiger partial charge in [-0.3, -0.25) is 0 Å². The molecule has 0 aliphatic heterocycles. The number of alkyl halides is 1. The van der Waals surface area contributed by atoms with Crippen LogP contribution in [0.25, 0.3) is 0 Å². The van der Waals surface area contributed by atoms with E-state index in [1.165, 1.54) is 5.56 Å². The lowest BCUT2D eigenvalue weighted by molar-refractivity contribution is 1.11. The Labute approximate surface area is 116 Å². The Morgan fingerprint density at radius 3 is 2.35 bits per heavy atom. The summed E-state index contributed by atoms with van der Waals surface area (Å²) in [5.41, 5.74) is 3.56. The Balaban J connectivity index is 2.26. The molecule has 0 saturated carbocycles. The minimum absolute atomic E-state index is 0.0999. The molecule has 1 aromatic heterocycles. The molecule has 0 radical (unpaired) electrons. The van der Waals surface area contributed by atoms with Crippen LogP contribution in [0, 0.1) is 6.92 Å². The zero-order valence-electron chi connectivity index (χ0n) is 9.84. The second kappa shape index (κ2) is 5.43. The molecule has 1 unspecified atom stereocenters. The third-order valence-electron chi connectivity index (χ3n) is 2.81. The molecule has 1 atom stereocenters. The van der Waals surface area contributed by atoms with Crippen LogP contribution >= 0.6 is 34.5 Å². The van der Waals surface area contributed by atoms with Crippen molar-refractivity contribution in [1.82, 2.24) is 0 Å². The van der Waals surface area contributed by atoms with Crippen LogP contribution in [-0.4, -0.2) is 0 Å². The van der Waals surface area contributed by atoms with Gasteiger partial charge in [-0.2, -0.15) is 0 Å². The highest BCUT2D eigenvalue weighted by Crippen LogP contribution is 2.37. The van der Waals surface area contributed by atoms with Gasteiger partial charge in [-0.15, -0.1) is 22.9 Å². The van der Waals surface area contributed by atoms with Crippen LogP contribution < -0.4 is 0 Å². The fourth-order valence-corrected chi connectivity index (χ4v) is 3.26. The summed E-state index contributed by atoms with van der Waals surface area (Å²) in [5.74, 6) is 0. The van der Waals surface area contributed by atoms with Crippen molar-refractivity contribution in [2.75, 3.05) is 0 Å². The van der Waals surface area contributed by atoms with Crippen molar-refractivity contribution in [3.63, 3.8) is 0 Å². The highest BCUT2D eigenvalue weighted by atomic mass is 35.5. The van der Waals surface area contributed by atoms with E-state index in [2.05, 4.69) is 37.3 Å². The third-order valence-corrected chi connectivity index (χ3v) is 5.04. The quantitative estimate of drug-likeness (QED) is 0.644. The predicted molar refractivity (Wildman–Crippen MR) is 77.6 cm³/mol. The summed E-state index contributed by atoms with van der Waals surface area (Å²) in [6.45, 7) is 4.15. The Bertz CT molecular complexity index is 480. The summed E-state index contributed by atoms with van der Waals surface area (Å²) >= 11 is 14.1. The summed E-state index contributed by atoms with van der Waals surface area (Å²) in [5, 5.41) is -0.0999. The van der Waals surface area contributed by atoms with Gasteiger partial charge in [0, 0.05) is 4.88 Å². The van der Waals surface area contributed by atoms with E-state index in [1.807, 2.05) is 6.92 Å². The average molecular weight is 285 g/mol. The van der Waals surface area contributed by atoms with Gasteiger partial charge in [-0.05, 0) is 36.1 Å². The van der Waals surface area contributed by atoms with Crippen molar-refractivity contribution in [3.05, 3.63) is 56.2 Å². The van der Waals surface area contributed by atoms with Gasteiger partial charge in [0.2, 0.25) is 0 Å². The molecule has 90 valence electrons. The van der Waals surface area contributed by atoms with Crippen molar-refractivity contribution >= 4 is 34.5 Å². The first-order chi connectivity index (χ1) is 8.11. The molecular formula is C14H14Cl2S. The van der Waals surface area contributed by atoms with E-state index in [1.54, 1.807) is 11.3 Å². The molecule has 0 aliphatic carbocycles. The average Bonchev–Trinajstić information content (AvgIpc) is 2.69. The molecule has 0 saturated heterocycles. The summed E-state index contributed by atoms with van der Waals surface area (Å²) in [6, 6.07) is 10.5. The van der Waals surface area contributed by atoms with Gasteiger partial charge in [0.1, 0.15) is 0 Å². The molecule has 0 fully saturated rings. The normalized spacial score (nSPS) is 12.7. The van der Waals surface area contributed by atoms with E-state index in [0.29, 0.717) is 0 Å². The Morgan fingerprint density at radius 2 is 1.88 bits per heavy atom. The van der Waals surface area contributed by atoms with Gasteiger partial charge in [-0.1, -0.05) is 42.8 Å². The molecule has 0 bridgehead atoms. The standard InChI is InChI=1S/C14H14Cl2S/c1-3-10-4-6-11(7-5-10)13(15)12-8-9(2)14(16)17-12/h4-8,13H,3H2,1-2H3. The maximum atomic E-state index is 6.46. The van der Waals surface area contributed by atoms with Crippen molar-refractivity contribution < 1.29 is 0 Å². The number of rotatable bonds is 3. The van der Waals surface area contributed by atoms with Gasteiger partial charge in [-0.25, -0.2) is 0 Å². The van der Waals surface area contributed by atoms with Gasteiger partial charge < -0.3 is 0 Å². The lowest BCUT2D eigenvalue weighted by Gasteiger charge is -2.08. The maximum absolute atomic E-state index is 6.46. The molecule has 1 heterocycles. The van der Waals surface area contributed by atoms with Gasteiger partial charge in [0.25, 0.3) is 0 Å². The number of benzene rings is 1. The van der Waals surface area contributed by atoms with Gasteiger partial charge >= 0.3 is 0 Å². The molecule has 17 heavy (non-hydrogen) atoms. The van der Waals surface area contributed by atoms with Crippen molar-refractivity contribution in [3.8, 4) is 0 Å². The van der Waals surface area contributed by atoms with Crippen LogP contribution in [0.3, 0.4) is 0 Å². The van der Waals surface area contributed by atoms with E-state index < -0.39 is 0 Å². The number of aryl methyl sites for hydroxylation is 2. The second-order valence-corrected chi connectivity index (χ2v) is 6.19. The Hall–Kier alpha value is -0.500. The Kier molecular flexibility index (Phi) is 4.13. The first-order valence-corrected chi connectivity index (χ1v) is 7.23. The van der Waals surface area contributed by atoms with E-state index in [-0.39, 0.29) is 5.38 Å². The zero-order valence-corrected chi connectivity index (χ0v) is 12.2. The molecule has 0 nitrogen and oxygen atoms in total. The molecule has 2 aromatic rings. The molecule has 0 N–H and O–H groups in total. The highest BCUT2D eigenvalue weighted by molar-refractivity contribution is 7.16. The van der Waals surface area contributed by atoms with Crippen LogP contribution in [0.2, 0.25) is 4.34 Å². The molecule has 3 heteroatoms. The fraction of sp³-hybridized carbons (Fsp3) is 0.286. The minimum Gasteiger partial charge on any atom is -0.126 e. The number of hydrogen-bond donors (Lipinski definition) is 0. The van der Waals surface area contributed by atoms with Crippen LogP contribution in [0.15, 0.2) is 30.3 Å². The monoisotopic (exact) mass is 284 g/mol. The predicted octanol–water partition coefficient (Wildman–Crippen LogP) is 5.60. The SMILES string of the molecule is CCc1ccc(C(Cl)c2cc(C)c(Cl)s2)cc1. The molecule has 0 spiro atoms. The first-order valence-electron chi connectivity index (χ1n) is 5.60. The fourth-order valence-electron chi connectivity index (χ4n) is 1.70. The Morgan fingerprint density at radius 1 is 1.24 bits per heavy atom. The number of halogens is 2. The van der Waals surface area contributed by atoms with Crippen LogP contribution in [0.4, 0.5) is 0 Å². The molecular weight excluding hydrogens is 271 g/mol.